The minimum absolute atomic E-state index is 0. The van der Waals surface area contributed by atoms with Crippen LogP contribution < -0.4 is 20.8 Å². The summed E-state index contributed by atoms with van der Waals surface area (Å²) >= 11 is 7.38. The van der Waals surface area contributed by atoms with Crippen molar-refractivity contribution >= 4 is 41.7 Å². The first-order chi connectivity index (χ1) is 16.2. The van der Waals surface area contributed by atoms with Crippen LogP contribution in [-0.2, 0) is 15.3 Å². The molecule has 35 heavy (non-hydrogen) atoms. The number of nitrogens with two attached hydrogens (primary N) is 1. The summed E-state index contributed by atoms with van der Waals surface area (Å²) in [4.78, 5) is 28.6. The van der Waals surface area contributed by atoms with Gasteiger partial charge in [-0.25, -0.2) is 4.98 Å². The number of hydrogen-bond acceptors (Lipinski definition) is 8. The summed E-state index contributed by atoms with van der Waals surface area (Å²) < 4.78 is 17.9. The fourth-order valence-electron chi connectivity index (χ4n) is 2.95. The van der Waals surface area contributed by atoms with Gasteiger partial charge < -0.3 is 19.9 Å². The standard InChI is InChI=1S/C24H26ClN3O5S.ClH/c1-24(2,33-23(30)12-26)14-32-19-9-8-18(10-20(19)31-3)28-15-27-21(11-22(28)29)34-13-16-4-6-17(25)7-5-16;/h4-11,15H,12-14,26H2,1-3H3;1H. The first-order valence-electron chi connectivity index (χ1n) is 10.4. The highest BCUT2D eigenvalue weighted by Gasteiger charge is 2.24. The minimum atomic E-state index is -0.875. The number of carbonyl (C=O) groups excluding carboxylic acids is 1. The summed E-state index contributed by atoms with van der Waals surface area (Å²) in [5, 5.41) is 1.30. The zero-order valence-corrected chi connectivity index (χ0v) is 21.9. The number of benzene rings is 2. The molecule has 0 amide bonds. The van der Waals surface area contributed by atoms with Crippen LogP contribution in [0.3, 0.4) is 0 Å². The Labute approximate surface area is 219 Å². The molecule has 0 aliphatic carbocycles. The van der Waals surface area contributed by atoms with Crippen LogP contribution >= 0.6 is 35.8 Å². The maximum Gasteiger partial charge on any atom is 0.320 e. The number of nitrogens with zero attached hydrogens (tertiary/aromatic N) is 2. The Hall–Kier alpha value is -2.72. The van der Waals surface area contributed by atoms with Crippen LogP contribution in [0, 0.1) is 0 Å². The highest BCUT2D eigenvalue weighted by atomic mass is 35.5. The van der Waals surface area contributed by atoms with Gasteiger partial charge in [0.15, 0.2) is 11.5 Å². The monoisotopic (exact) mass is 539 g/mol. The Morgan fingerprint density at radius 1 is 1.14 bits per heavy atom. The van der Waals surface area contributed by atoms with Crippen LogP contribution in [0.1, 0.15) is 19.4 Å². The SMILES string of the molecule is COc1cc(-n2cnc(SCc3ccc(Cl)cc3)cc2=O)ccc1OCC(C)(C)OC(=O)CN.Cl. The third-order valence-corrected chi connectivity index (χ3v) is 5.89. The number of hydrogen-bond donors (Lipinski definition) is 1. The molecule has 0 atom stereocenters. The van der Waals surface area contributed by atoms with E-state index in [9.17, 15) is 9.59 Å². The Bertz CT molecular complexity index is 1200. The summed E-state index contributed by atoms with van der Waals surface area (Å²) in [7, 11) is 1.50. The maximum absolute atomic E-state index is 12.7. The lowest BCUT2D eigenvalue weighted by atomic mass is 10.1. The van der Waals surface area contributed by atoms with Crippen molar-refractivity contribution in [1.82, 2.24) is 9.55 Å². The summed E-state index contributed by atoms with van der Waals surface area (Å²) in [5.41, 5.74) is 5.86. The number of aromatic nitrogens is 2. The van der Waals surface area contributed by atoms with E-state index in [2.05, 4.69) is 4.98 Å². The third kappa shape index (κ3) is 8.17. The van der Waals surface area contributed by atoms with Crippen molar-refractivity contribution in [1.29, 1.82) is 0 Å². The van der Waals surface area contributed by atoms with Gasteiger partial charge in [0.05, 0.1) is 19.3 Å². The van der Waals surface area contributed by atoms with E-state index in [1.54, 1.807) is 32.0 Å². The molecule has 8 nitrogen and oxygen atoms in total. The topological polar surface area (TPSA) is 106 Å². The normalized spacial score (nSPS) is 10.9. The van der Waals surface area contributed by atoms with Crippen molar-refractivity contribution in [3.8, 4) is 17.2 Å². The van der Waals surface area contributed by atoms with E-state index in [4.69, 9.17) is 31.5 Å². The number of halogens is 2. The minimum Gasteiger partial charge on any atom is -0.493 e. The third-order valence-electron chi connectivity index (χ3n) is 4.64. The van der Waals surface area contributed by atoms with Crippen LogP contribution in [0.5, 0.6) is 11.5 Å². The Balaban J connectivity index is 0.00000432. The Kier molecular flexibility index (Phi) is 10.5. The van der Waals surface area contributed by atoms with E-state index in [1.807, 2.05) is 24.3 Å². The van der Waals surface area contributed by atoms with Gasteiger partial charge in [-0.2, -0.15) is 0 Å². The molecule has 0 aliphatic heterocycles. The molecular weight excluding hydrogens is 513 g/mol. The second-order valence-corrected chi connectivity index (χ2v) is 9.34. The van der Waals surface area contributed by atoms with Gasteiger partial charge in [0.2, 0.25) is 0 Å². The van der Waals surface area contributed by atoms with Gasteiger partial charge in [0.1, 0.15) is 23.6 Å². The quantitative estimate of drug-likeness (QED) is 0.231. The van der Waals surface area contributed by atoms with E-state index in [0.717, 1.165) is 5.56 Å². The fourth-order valence-corrected chi connectivity index (χ4v) is 3.89. The van der Waals surface area contributed by atoms with Crippen LogP contribution in [-0.4, -0.2) is 41.4 Å². The predicted octanol–water partition coefficient (Wildman–Crippen LogP) is 4.27. The summed E-state index contributed by atoms with van der Waals surface area (Å²) in [5.74, 6) is 1.02. The highest BCUT2D eigenvalue weighted by Crippen LogP contribution is 2.30. The molecular formula is C24H27Cl2N3O5S. The average molecular weight is 540 g/mol. The molecule has 0 radical (unpaired) electrons. The highest BCUT2D eigenvalue weighted by molar-refractivity contribution is 7.98. The van der Waals surface area contributed by atoms with E-state index >= 15 is 0 Å². The van der Waals surface area contributed by atoms with Gasteiger partial charge in [0, 0.05) is 22.9 Å². The van der Waals surface area contributed by atoms with Crippen molar-refractivity contribution in [3.05, 3.63) is 75.8 Å². The molecule has 0 unspecified atom stereocenters. The molecule has 11 heteroatoms. The lowest BCUT2D eigenvalue weighted by Crippen LogP contribution is -2.37. The molecule has 2 aromatic carbocycles. The molecule has 2 N–H and O–H groups in total. The predicted molar refractivity (Wildman–Crippen MR) is 139 cm³/mol. The molecule has 0 spiro atoms. The second-order valence-electron chi connectivity index (χ2n) is 7.91. The van der Waals surface area contributed by atoms with Crippen molar-refractivity contribution in [2.75, 3.05) is 20.3 Å². The largest absolute Gasteiger partial charge is 0.493 e. The average Bonchev–Trinajstić information content (AvgIpc) is 2.82. The van der Waals surface area contributed by atoms with Gasteiger partial charge in [-0.15, -0.1) is 24.2 Å². The number of carbonyl (C=O) groups is 1. The molecule has 1 heterocycles. The number of methoxy groups -OCH3 is 1. The van der Waals surface area contributed by atoms with E-state index in [1.165, 1.54) is 35.8 Å². The van der Waals surface area contributed by atoms with Crippen LogP contribution in [0.2, 0.25) is 5.02 Å². The molecule has 3 rings (SSSR count). The fraction of sp³-hybridized carbons (Fsp3) is 0.292. The molecule has 0 saturated heterocycles. The number of ether oxygens (including phenoxy) is 3. The zero-order chi connectivity index (χ0) is 24.7. The summed E-state index contributed by atoms with van der Waals surface area (Å²) in [6.45, 7) is 3.33. The number of rotatable bonds is 10. The Morgan fingerprint density at radius 2 is 1.86 bits per heavy atom. The van der Waals surface area contributed by atoms with E-state index in [0.29, 0.717) is 33.0 Å². The molecule has 1 aromatic heterocycles. The first kappa shape index (κ1) is 28.5. The van der Waals surface area contributed by atoms with Gasteiger partial charge in [-0.05, 0) is 43.7 Å². The van der Waals surface area contributed by atoms with Gasteiger partial charge in [0.25, 0.3) is 5.56 Å². The van der Waals surface area contributed by atoms with Crippen molar-refractivity contribution in [2.24, 2.45) is 5.73 Å². The second kappa shape index (κ2) is 12.8. The van der Waals surface area contributed by atoms with Crippen molar-refractivity contribution in [2.45, 2.75) is 30.2 Å². The number of thioether (sulfide) groups is 1. The van der Waals surface area contributed by atoms with Gasteiger partial charge >= 0.3 is 5.97 Å². The lowest BCUT2D eigenvalue weighted by Gasteiger charge is -2.25. The van der Waals surface area contributed by atoms with Crippen LogP contribution in [0.4, 0.5) is 0 Å². The molecule has 0 aliphatic rings. The zero-order valence-electron chi connectivity index (χ0n) is 19.5. The Morgan fingerprint density at radius 3 is 2.49 bits per heavy atom. The summed E-state index contributed by atoms with van der Waals surface area (Å²) in [6, 6.07) is 14.1. The maximum atomic E-state index is 12.7. The smallest absolute Gasteiger partial charge is 0.320 e. The van der Waals surface area contributed by atoms with Crippen molar-refractivity contribution in [3.63, 3.8) is 0 Å². The molecule has 3 aromatic rings. The van der Waals surface area contributed by atoms with Gasteiger partial charge in [-0.3, -0.25) is 14.2 Å². The van der Waals surface area contributed by atoms with E-state index in [-0.39, 0.29) is 31.1 Å². The van der Waals surface area contributed by atoms with Crippen LogP contribution in [0.25, 0.3) is 5.69 Å². The molecule has 0 fully saturated rings. The molecule has 188 valence electrons. The molecule has 0 bridgehead atoms. The lowest BCUT2D eigenvalue weighted by molar-refractivity contribution is -0.157. The molecule has 0 saturated carbocycles. The van der Waals surface area contributed by atoms with E-state index < -0.39 is 11.6 Å². The van der Waals surface area contributed by atoms with Crippen LogP contribution in [0.15, 0.2) is 64.7 Å². The number of esters is 1. The first-order valence-corrected chi connectivity index (χ1v) is 11.8. The van der Waals surface area contributed by atoms with Gasteiger partial charge in [-0.1, -0.05) is 23.7 Å². The summed E-state index contributed by atoms with van der Waals surface area (Å²) in [6.07, 6.45) is 1.48. The van der Waals surface area contributed by atoms with Crippen molar-refractivity contribution < 1.29 is 19.0 Å².